The third-order valence-electron chi connectivity index (χ3n) is 3.11. The van der Waals surface area contributed by atoms with Gasteiger partial charge in [-0.25, -0.2) is 0 Å². The number of methoxy groups -OCH3 is 2. The lowest BCUT2D eigenvalue weighted by Gasteiger charge is -2.37. The minimum atomic E-state index is -0.454. The molecule has 0 bridgehead atoms. The molecule has 1 amide bonds. The van der Waals surface area contributed by atoms with Crippen LogP contribution in [-0.4, -0.2) is 33.0 Å². The molecule has 0 heterocycles. The van der Waals surface area contributed by atoms with Crippen LogP contribution in [0.15, 0.2) is 0 Å². The Bertz CT molecular complexity index is 192. The van der Waals surface area contributed by atoms with E-state index in [4.69, 9.17) is 9.47 Å². The standard InChI is InChI=1S/C10H19NO3/c1-11-9(12)8-4-6-10(13-2,14-3)7-5-8/h8H,4-7H2,1-3H3,(H,11,12). The Labute approximate surface area is 85.0 Å². The molecular weight excluding hydrogens is 182 g/mol. The fraction of sp³-hybridized carbons (Fsp3) is 0.900. The average molecular weight is 201 g/mol. The van der Waals surface area contributed by atoms with Gasteiger partial charge in [-0.2, -0.15) is 0 Å². The fourth-order valence-corrected chi connectivity index (χ4v) is 2.02. The quantitative estimate of drug-likeness (QED) is 0.690. The predicted octanol–water partition coefficient (Wildman–Crippen LogP) is 0.912. The van der Waals surface area contributed by atoms with E-state index < -0.39 is 5.79 Å². The Morgan fingerprint density at radius 3 is 2.14 bits per heavy atom. The number of amides is 1. The zero-order chi connectivity index (χ0) is 10.6. The number of carbonyl (C=O) groups is 1. The summed E-state index contributed by atoms with van der Waals surface area (Å²) in [5.74, 6) is -0.200. The highest BCUT2D eigenvalue weighted by atomic mass is 16.7. The van der Waals surface area contributed by atoms with Crippen LogP contribution in [0.2, 0.25) is 0 Å². The lowest BCUT2D eigenvalue weighted by Crippen LogP contribution is -2.41. The largest absolute Gasteiger partial charge is 0.359 e. The van der Waals surface area contributed by atoms with Gasteiger partial charge in [-0.1, -0.05) is 0 Å². The second-order valence-electron chi connectivity index (χ2n) is 3.71. The van der Waals surface area contributed by atoms with E-state index in [0.29, 0.717) is 0 Å². The van der Waals surface area contributed by atoms with Crippen molar-refractivity contribution in [2.45, 2.75) is 31.5 Å². The summed E-state index contributed by atoms with van der Waals surface area (Å²) in [6, 6.07) is 0. The third-order valence-corrected chi connectivity index (χ3v) is 3.11. The molecule has 0 unspecified atom stereocenters. The smallest absolute Gasteiger partial charge is 0.222 e. The molecule has 14 heavy (non-hydrogen) atoms. The van der Waals surface area contributed by atoms with Crippen LogP contribution in [0.25, 0.3) is 0 Å². The van der Waals surface area contributed by atoms with Crippen molar-refractivity contribution in [2.75, 3.05) is 21.3 Å². The van der Waals surface area contributed by atoms with Gasteiger partial charge in [-0.15, -0.1) is 0 Å². The summed E-state index contributed by atoms with van der Waals surface area (Å²) in [6.07, 6.45) is 3.25. The van der Waals surface area contributed by atoms with E-state index in [1.165, 1.54) is 0 Å². The van der Waals surface area contributed by atoms with Gasteiger partial charge >= 0.3 is 0 Å². The van der Waals surface area contributed by atoms with Crippen molar-refractivity contribution in [3.05, 3.63) is 0 Å². The topological polar surface area (TPSA) is 47.6 Å². The Kier molecular flexibility index (Phi) is 3.89. The maximum absolute atomic E-state index is 11.4. The van der Waals surface area contributed by atoms with Gasteiger partial charge in [0.1, 0.15) is 0 Å². The number of hydrogen-bond donors (Lipinski definition) is 1. The second kappa shape index (κ2) is 4.75. The van der Waals surface area contributed by atoms with E-state index in [1.807, 2.05) is 0 Å². The highest BCUT2D eigenvalue weighted by Crippen LogP contribution is 2.34. The molecule has 0 aliphatic heterocycles. The first-order valence-electron chi connectivity index (χ1n) is 4.99. The van der Waals surface area contributed by atoms with Gasteiger partial charge in [0.25, 0.3) is 0 Å². The summed E-state index contributed by atoms with van der Waals surface area (Å²) in [7, 11) is 4.99. The molecular formula is C10H19NO3. The zero-order valence-electron chi connectivity index (χ0n) is 9.13. The van der Waals surface area contributed by atoms with Crippen LogP contribution in [0.3, 0.4) is 0 Å². The first-order valence-corrected chi connectivity index (χ1v) is 4.99. The number of ether oxygens (including phenoxy) is 2. The van der Waals surface area contributed by atoms with Crippen molar-refractivity contribution >= 4 is 5.91 Å². The first-order chi connectivity index (χ1) is 6.67. The molecule has 1 aliphatic carbocycles. The molecule has 1 N–H and O–H groups in total. The van der Waals surface area contributed by atoms with Gasteiger partial charge in [-0.3, -0.25) is 4.79 Å². The number of rotatable bonds is 3. The molecule has 1 saturated carbocycles. The molecule has 0 aromatic carbocycles. The van der Waals surface area contributed by atoms with Crippen molar-refractivity contribution in [2.24, 2.45) is 5.92 Å². The first kappa shape index (κ1) is 11.5. The normalized spacial score (nSPS) is 21.9. The molecule has 4 nitrogen and oxygen atoms in total. The maximum Gasteiger partial charge on any atom is 0.222 e. The number of hydrogen-bond acceptors (Lipinski definition) is 3. The lowest BCUT2D eigenvalue weighted by atomic mass is 9.84. The Balaban J connectivity index is 2.48. The number of nitrogens with one attached hydrogen (secondary N) is 1. The Hall–Kier alpha value is -0.610. The van der Waals surface area contributed by atoms with Gasteiger partial charge < -0.3 is 14.8 Å². The molecule has 1 aliphatic rings. The van der Waals surface area contributed by atoms with Crippen molar-refractivity contribution in [1.82, 2.24) is 5.32 Å². The minimum absolute atomic E-state index is 0.124. The van der Waals surface area contributed by atoms with Crippen LogP contribution in [0.5, 0.6) is 0 Å². The average Bonchev–Trinajstić information content (AvgIpc) is 2.28. The molecule has 1 rings (SSSR count). The summed E-state index contributed by atoms with van der Waals surface area (Å²) in [6.45, 7) is 0. The molecule has 4 heteroatoms. The molecule has 0 aromatic rings. The predicted molar refractivity (Wildman–Crippen MR) is 52.8 cm³/mol. The molecule has 82 valence electrons. The SMILES string of the molecule is CNC(=O)C1CCC(OC)(OC)CC1. The Morgan fingerprint density at radius 2 is 1.79 bits per heavy atom. The zero-order valence-corrected chi connectivity index (χ0v) is 9.13. The van der Waals surface area contributed by atoms with Crippen LogP contribution < -0.4 is 5.32 Å². The fourth-order valence-electron chi connectivity index (χ4n) is 2.02. The molecule has 0 aromatic heterocycles. The highest BCUT2D eigenvalue weighted by Gasteiger charge is 2.37. The maximum atomic E-state index is 11.4. The van der Waals surface area contributed by atoms with Gasteiger partial charge in [0, 0.05) is 40.0 Å². The highest BCUT2D eigenvalue weighted by molar-refractivity contribution is 5.78. The lowest BCUT2D eigenvalue weighted by molar-refractivity contribution is -0.227. The van der Waals surface area contributed by atoms with E-state index in [9.17, 15) is 4.79 Å². The Morgan fingerprint density at radius 1 is 1.29 bits per heavy atom. The minimum Gasteiger partial charge on any atom is -0.359 e. The van der Waals surface area contributed by atoms with Crippen LogP contribution in [-0.2, 0) is 14.3 Å². The van der Waals surface area contributed by atoms with Gasteiger partial charge in [0.2, 0.25) is 5.91 Å². The van der Waals surface area contributed by atoms with Crippen molar-refractivity contribution in [3.8, 4) is 0 Å². The summed E-state index contributed by atoms with van der Waals surface area (Å²) in [5.41, 5.74) is 0. The molecule has 0 atom stereocenters. The van der Waals surface area contributed by atoms with Crippen LogP contribution in [0.1, 0.15) is 25.7 Å². The van der Waals surface area contributed by atoms with Crippen molar-refractivity contribution in [1.29, 1.82) is 0 Å². The van der Waals surface area contributed by atoms with E-state index in [0.717, 1.165) is 25.7 Å². The summed E-state index contributed by atoms with van der Waals surface area (Å²) < 4.78 is 10.7. The van der Waals surface area contributed by atoms with Crippen LogP contribution in [0, 0.1) is 5.92 Å². The summed E-state index contributed by atoms with van der Waals surface area (Å²) in [4.78, 5) is 11.4. The van der Waals surface area contributed by atoms with Gasteiger partial charge in [0.15, 0.2) is 5.79 Å². The van der Waals surface area contributed by atoms with E-state index in [2.05, 4.69) is 5.32 Å². The molecule has 0 radical (unpaired) electrons. The summed E-state index contributed by atoms with van der Waals surface area (Å²) in [5, 5.41) is 2.68. The van der Waals surface area contributed by atoms with Gasteiger partial charge in [0.05, 0.1) is 0 Å². The van der Waals surface area contributed by atoms with Crippen molar-refractivity contribution < 1.29 is 14.3 Å². The second-order valence-corrected chi connectivity index (χ2v) is 3.71. The number of carbonyl (C=O) groups excluding carboxylic acids is 1. The van der Waals surface area contributed by atoms with Crippen LogP contribution in [0.4, 0.5) is 0 Å². The van der Waals surface area contributed by atoms with E-state index in [1.54, 1.807) is 21.3 Å². The van der Waals surface area contributed by atoms with Gasteiger partial charge in [-0.05, 0) is 12.8 Å². The van der Waals surface area contributed by atoms with Crippen LogP contribution >= 0.6 is 0 Å². The summed E-state index contributed by atoms with van der Waals surface area (Å²) >= 11 is 0. The molecule has 0 saturated heterocycles. The van der Waals surface area contributed by atoms with Crippen molar-refractivity contribution in [3.63, 3.8) is 0 Å². The molecule has 1 fully saturated rings. The monoisotopic (exact) mass is 201 g/mol. The third kappa shape index (κ3) is 2.25. The molecule has 0 spiro atoms. The van der Waals surface area contributed by atoms with E-state index >= 15 is 0 Å². The van der Waals surface area contributed by atoms with E-state index in [-0.39, 0.29) is 11.8 Å².